The molecule has 0 unspecified atom stereocenters. The number of para-hydroxylation sites is 1. The average Bonchev–Trinajstić information content (AvgIpc) is 3.16. The van der Waals surface area contributed by atoms with E-state index in [4.69, 9.17) is 14.8 Å². The van der Waals surface area contributed by atoms with E-state index in [1.807, 2.05) is 50.2 Å². The zero-order valence-corrected chi connectivity index (χ0v) is 21.6. The number of rotatable bonds is 6. The summed E-state index contributed by atoms with van der Waals surface area (Å²) in [6.07, 6.45) is 7.61. The molecule has 36 heavy (non-hydrogen) atoms. The number of benzene rings is 2. The summed E-state index contributed by atoms with van der Waals surface area (Å²) < 4.78 is 9.53. The second-order valence-corrected chi connectivity index (χ2v) is 10.0. The summed E-state index contributed by atoms with van der Waals surface area (Å²) in [7, 11) is 0. The topological polar surface area (TPSA) is 61.4 Å². The van der Waals surface area contributed by atoms with Crippen molar-refractivity contribution >= 4 is 17.1 Å². The lowest BCUT2D eigenvalue weighted by molar-refractivity contribution is 0.242. The van der Waals surface area contributed by atoms with E-state index >= 15 is 0 Å². The van der Waals surface area contributed by atoms with Crippen LogP contribution in [0.4, 0.5) is 0 Å². The molecule has 6 heteroatoms. The van der Waals surface area contributed by atoms with E-state index in [0.717, 1.165) is 52.6 Å². The zero-order chi connectivity index (χ0) is 25.2. The van der Waals surface area contributed by atoms with E-state index in [-0.39, 0.29) is 17.6 Å². The molecule has 0 spiro atoms. The molecule has 0 N–H and O–H groups in total. The Balaban J connectivity index is 1.53. The Morgan fingerprint density at radius 2 is 1.75 bits per heavy atom. The molecule has 4 aromatic rings. The molecule has 6 nitrogen and oxygen atoms in total. The SMILES string of the molecule is Cc1cc(C=Nn2c(C3CCCCC3)nc3ccccc3c2=O)c(C)n1-c1ccc(OC(C)C)cc1. The van der Waals surface area contributed by atoms with Crippen LogP contribution in [0.5, 0.6) is 5.75 Å². The number of hydrogen-bond acceptors (Lipinski definition) is 4. The lowest BCUT2D eigenvalue weighted by atomic mass is 9.88. The van der Waals surface area contributed by atoms with Crippen LogP contribution in [0.1, 0.15) is 74.6 Å². The van der Waals surface area contributed by atoms with Gasteiger partial charge in [-0.05, 0) is 83.0 Å². The zero-order valence-electron chi connectivity index (χ0n) is 21.6. The highest BCUT2D eigenvalue weighted by Gasteiger charge is 2.22. The lowest BCUT2D eigenvalue weighted by Crippen LogP contribution is -2.25. The predicted molar refractivity (Wildman–Crippen MR) is 146 cm³/mol. The number of hydrogen-bond donors (Lipinski definition) is 0. The highest BCUT2D eigenvalue weighted by molar-refractivity contribution is 5.82. The molecule has 2 aromatic carbocycles. The number of aromatic nitrogens is 3. The standard InChI is InChI=1S/C30H34N4O2/c1-20(2)36-26-16-14-25(15-17-26)33-21(3)18-24(22(33)4)19-31-34-29(23-10-6-5-7-11-23)32-28-13-9-8-12-27(28)30(34)35/h8-9,12-20,23H,5-7,10-11H2,1-4H3. The highest BCUT2D eigenvalue weighted by atomic mass is 16.5. The normalized spacial score (nSPS) is 14.8. The van der Waals surface area contributed by atoms with Crippen LogP contribution in [0.3, 0.4) is 0 Å². The minimum atomic E-state index is -0.105. The van der Waals surface area contributed by atoms with Crippen LogP contribution in [0.15, 0.2) is 64.5 Å². The van der Waals surface area contributed by atoms with E-state index in [1.54, 1.807) is 10.9 Å². The fourth-order valence-corrected chi connectivity index (χ4v) is 5.26. The number of fused-ring (bicyclic) bond motifs is 1. The first-order chi connectivity index (χ1) is 17.4. The van der Waals surface area contributed by atoms with Gasteiger partial charge in [0.15, 0.2) is 0 Å². The summed E-state index contributed by atoms with van der Waals surface area (Å²) in [5, 5.41) is 5.34. The van der Waals surface area contributed by atoms with Gasteiger partial charge in [-0.15, -0.1) is 0 Å². The van der Waals surface area contributed by atoms with Gasteiger partial charge in [-0.2, -0.15) is 9.78 Å². The molecule has 0 saturated heterocycles. The Kier molecular flexibility index (Phi) is 6.77. The van der Waals surface area contributed by atoms with Gasteiger partial charge in [-0.25, -0.2) is 4.98 Å². The molecular formula is C30H34N4O2. The van der Waals surface area contributed by atoms with Crippen molar-refractivity contribution in [3.63, 3.8) is 0 Å². The van der Waals surface area contributed by atoms with Crippen molar-refractivity contribution in [2.75, 3.05) is 0 Å². The van der Waals surface area contributed by atoms with Crippen molar-refractivity contribution in [2.24, 2.45) is 5.10 Å². The molecule has 0 atom stereocenters. The summed E-state index contributed by atoms with van der Waals surface area (Å²) in [6.45, 7) is 8.21. The Morgan fingerprint density at radius 1 is 1.03 bits per heavy atom. The van der Waals surface area contributed by atoms with Crippen LogP contribution < -0.4 is 10.3 Å². The Bertz CT molecular complexity index is 1460. The summed E-state index contributed by atoms with van der Waals surface area (Å²) >= 11 is 0. The van der Waals surface area contributed by atoms with Gasteiger partial charge in [-0.1, -0.05) is 31.4 Å². The van der Waals surface area contributed by atoms with Crippen molar-refractivity contribution in [1.82, 2.24) is 14.2 Å². The van der Waals surface area contributed by atoms with Gasteiger partial charge >= 0.3 is 0 Å². The third-order valence-corrected chi connectivity index (χ3v) is 7.00. The van der Waals surface area contributed by atoms with Gasteiger partial charge < -0.3 is 9.30 Å². The Hall–Kier alpha value is -3.67. The maximum absolute atomic E-state index is 13.5. The maximum Gasteiger partial charge on any atom is 0.282 e. The maximum atomic E-state index is 13.5. The monoisotopic (exact) mass is 482 g/mol. The van der Waals surface area contributed by atoms with Crippen LogP contribution in [0, 0.1) is 13.8 Å². The molecule has 1 fully saturated rings. The molecule has 1 aliphatic rings. The highest BCUT2D eigenvalue weighted by Crippen LogP contribution is 2.32. The van der Waals surface area contributed by atoms with Crippen LogP contribution in [-0.2, 0) is 0 Å². The van der Waals surface area contributed by atoms with Gasteiger partial charge in [-0.3, -0.25) is 4.79 Å². The average molecular weight is 483 g/mol. The number of aryl methyl sites for hydroxylation is 1. The second-order valence-electron chi connectivity index (χ2n) is 10.0. The molecule has 0 amide bonds. The van der Waals surface area contributed by atoms with Gasteiger partial charge in [0.1, 0.15) is 11.6 Å². The fraction of sp³-hybridized carbons (Fsp3) is 0.367. The second kappa shape index (κ2) is 10.1. The Labute approximate surface area is 212 Å². The van der Waals surface area contributed by atoms with Crippen molar-refractivity contribution in [3.05, 3.63) is 87.7 Å². The lowest BCUT2D eigenvalue weighted by Gasteiger charge is -2.22. The minimum absolute atomic E-state index is 0.105. The van der Waals surface area contributed by atoms with E-state index < -0.39 is 0 Å². The molecule has 186 valence electrons. The van der Waals surface area contributed by atoms with Crippen molar-refractivity contribution in [2.45, 2.75) is 71.8 Å². The first-order valence-electron chi connectivity index (χ1n) is 12.9. The molecule has 0 radical (unpaired) electrons. The minimum Gasteiger partial charge on any atom is -0.491 e. The molecule has 0 bridgehead atoms. The number of ether oxygens (including phenoxy) is 1. The largest absolute Gasteiger partial charge is 0.491 e. The molecule has 1 aliphatic carbocycles. The van der Waals surface area contributed by atoms with Crippen LogP contribution in [-0.4, -0.2) is 26.5 Å². The molecule has 2 aromatic heterocycles. The van der Waals surface area contributed by atoms with E-state index in [1.165, 1.54) is 19.3 Å². The molecule has 2 heterocycles. The quantitative estimate of drug-likeness (QED) is 0.294. The third kappa shape index (κ3) is 4.72. The van der Waals surface area contributed by atoms with Crippen LogP contribution >= 0.6 is 0 Å². The van der Waals surface area contributed by atoms with Crippen molar-refractivity contribution in [3.8, 4) is 11.4 Å². The summed E-state index contributed by atoms with van der Waals surface area (Å²) in [6, 6.07) is 17.8. The van der Waals surface area contributed by atoms with Crippen LogP contribution in [0.25, 0.3) is 16.6 Å². The smallest absolute Gasteiger partial charge is 0.282 e. The van der Waals surface area contributed by atoms with Crippen molar-refractivity contribution < 1.29 is 4.74 Å². The number of nitrogens with zero attached hydrogens (tertiary/aromatic N) is 4. The van der Waals surface area contributed by atoms with Gasteiger partial charge in [0.05, 0.1) is 23.2 Å². The van der Waals surface area contributed by atoms with E-state index in [2.05, 4.69) is 36.6 Å². The first-order valence-corrected chi connectivity index (χ1v) is 12.9. The molecule has 1 saturated carbocycles. The third-order valence-electron chi connectivity index (χ3n) is 7.00. The van der Waals surface area contributed by atoms with Crippen molar-refractivity contribution in [1.29, 1.82) is 0 Å². The van der Waals surface area contributed by atoms with Gasteiger partial charge in [0, 0.05) is 28.6 Å². The predicted octanol–water partition coefficient (Wildman–Crippen LogP) is 6.52. The molecule has 5 rings (SSSR count). The summed E-state index contributed by atoms with van der Waals surface area (Å²) in [4.78, 5) is 18.4. The molecular weight excluding hydrogens is 448 g/mol. The first kappa shape index (κ1) is 24.0. The summed E-state index contributed by atoms with van der Waals surface area (Å²) in [5.74, 6) is 1.90. The fourth-order valence-electron chi connectivity index (χ4n) is 5.26. The van der Waals surface area contributed by atoms with Gasteiger partial charge in [0.2, 0.25) is 0 Å². The summed E-state index contributed by atoms with van der Waals surface area (Å²) in [5.41, 5.74) is 4.85. The molecule has 0 aliphatic heterocycles. The van der Waals surface area contributed by atoms with Crippen LogP contribution in [0.2, 0.25) is 0 Å². The van der Waals surface area contributed by atoms with E-state index in [9.17, 15) is 4.79 Å². The van der Waals surface area contributed by atoms with Gasteiger partial charge in [0.25, 0.3) is 5.56 Å². The Morgan fingerprint density at radius 3 is 2.47 bits per heavy atom. The van der Waals surface area contributed by atoms with E-state index in [0.29, 0.717) is 5.39 Å².